The van der Waals surface area contributed by atoms with E-state index in [4.69, 9.17) is 4.42 Å². The van der Waals surface area contributed by atoms with Crippen molar-refractivity contribution in [1.82, 2.24) is 14.9 Å². The summed E-state index contributed by atoms with van der Waals surface area (Å²) in [4.78, 5) is 0. The van der Waals surface area contributed by atoms with Crippen LogP contribution in [0.2, 0.25) is 0 Å². The zero-order valence-corrected chi connectivity index (χ0v) is 13.2. The van der Waals surface area contributed by atoms with Gasteiger partial charge in [0.05, 0.1) is 6.21 Å². The third kappa shape index (κ3) is 2.95. The Morgan fingerprint density at radius 1 is 1.14 bits per heavy atom. The van der Waals surface area contributed by atoms with Crippen molar-refractivity contribution in [3.05, 3.63) is 58.3 Å². The van der Waals surface area contributed by atoms with Crippen LogP contribution in [-0.4, -0.2) is 21.1 Å². The van der Waals surface area contributed by atoms with Gasteiger partial charge in [0, 0.05) is 10.0 Å². The van der Waals surface area contributed by atoms with Gasteiger partial charge in [-0.3, -0.25) is 0 Å². The monoisotopic (exact) mass is 344 g/mol. The third-order valence-electron chi connectivity index (χ3n) is 3.20. The van der Waals surface area contributed by atoms with Gasteiger partial charge in [0.25, 0.3) is 0 Å². The number of benzene rings is 1. The number of halogens is 1. The van der Waals surface area contributed by atoms with Gasteiger partial charge < -0.3 is 4.42 Å². The molecule has 0 spiro atoms. The fourth-order valence-corrected chi connectivity index (χ4v) is 2.57. The van der Waals surface area contributed by atoms with Gasteiger partial charge in [0.15, 0.2) is 0 Å². The molecular weight excluding hydrogens is 332 g/mol. The Morgan fingerprint density at radius 2 is 1.86 bits per heavy atom. The standard InChI is InChI=1S/C15H13BrN4O/c1-10-5-13(14(16)6-11(10)2)15-4-3-12(21-15)7-19-20-8-17-18-9-20/h3-9H,1-2H3/b19-7+. The SMILES string of the molecule is Cc1cc(Br)c(-c2ccc(/C=N/n3cnnc3)o2)cc1C. The van der Waals surface area contributed by atoms with Crippen LogP contribution in [0, 0.1) is 13.8 Å². The largest absolute Gasteiger partial charge is 0.455 e. The maximum absolute atomic E-state index is 5.81. The maximum atomic E-state index is 5.81. The fraction of sp³-hybridized carbons (Fsp3) is 0.133. The third-order valence-corrected chi connectivity index (χ3v) is 3.86. The summed E-state index contributed by atoms with van der Waals surface area (Å²) in [6.07, 6.45) is 4.66. The second-order valence-corrected chi connectivity index (χ2v) is 5.56. The van der Waals surface area contributed by atoms with Crippen LogP contribution in [0.25, 0.3) is 11.3 Å². The number of hydrogen-bond donors (Lipinski definition) is 0. The van der Waals surface area contributed by atoms with E-state index in [1.165, 1.54) is 28.5 Å². The van der Waals surface area contributed by atoms with E-state index in [0.29, 0.717) is 5.76 Å². The zero-order valence-electron chi connectivity index (χ0n) is 11.6. The van der Waals surface area contributed by atoms with Crippen LogP contribution in [0.1, 0.15) is 16.9 Å². The molecule has 0 bridgehead atoms. The molecule has 2 heterocycles. The molecule has 2 aromatic heterocycles. The van der Waals surface area contributed by atoms with Crippen LogP contribution in [0.3, 0.4) is 0 Å². The van der Waals surface area contributed by atoms with Crippen molar-refractivity contribution < 1.29 is 4.42 Å². The lowest BCUT2D eigenvalue weighted by Crippen LogP contribution is -1.86. The Labute approximate surface area is 130 Å². The lowest BCUT2D eigenvalue weighted by molar-refractivity contribution is 0.574. The zero-order chi connectivity index (χ0) is 14.8. The van der Waals surface area contributed by atoms with Crippen molar-refractivity contribution in [2.24, 2.45) is 5.10 Å². The topological polar surface area (TPSA) is 56.2 Å². The number of aryl methyl sites for hydroxylation is 2. The highest BCUT2D eigenvalue weighted by molar-refractivity contribution is 9.10. The summed E-state index contributed by atoms with van der Waals surface area (Å²) in [6.45, 7) is 4.17. The van der Waals surface area contributed by atoms with E-state index in [1.54, 1.807) is 6.21 Å². The molecule has 0 fully saturated rings. The average Bonchev–Trinajstić information content (AvgIpc) is 3.11. The quantitative estimate of drug-likeness (QED) is 0.679. The normalized spacial score (nSPS) is 11.4. The van der Waals surface area contributed by atoms with E-state index in [1.807, 2.05) is 12.1 Å². The van der Waals surface area contributed by atoms with Crippen molar-refractivity contribution in [2.75, 3.05) is 0 Å². The van der Waals surface area contributed by atoms with Crippen molar-refractivity contribution in [3.63, 3.8) is 0 Å². The first-order chi connectivity index (χ1) is 10.1. The van der Waals surface area contributed by atoms with Gasteiger partial charge in [-0.05, 0) is 49.2 Å². The molecule has 0 amide bonds. The Bertz CT molecular complexity index is 790. The van der Waals surface area contributed by atoms with Crippen LogP contribution in [-0.2, 0) is 0 Å². The van der Waals surface area contributed by atoms with Crippen molar-refractivity contribution in [1.29, 1.82) is 0 Å². The first kappa shape index (κ1) is 13.8. The Balaban J connectivity index is 1.90. The molecule has 0 aliphatic heterocycles. The van der Waals surface area contributed by atoms with Gasteiger partial charge in [-0.25, -0.2) is 4.68 Å². The summed E-state index contributed by atoms with van der Waals surface area (Å²) in [5.41, 5.74) is 3.50. The number of rotatable bonds is 3. The molecule has 0 aliphatic rings. The van der Waals surface area contributed by atoms with Gasteiger partial charge in [0.1, 0.15) is 24.2 Å². The molecular formula is C15H13BrN4O. The summed E-state index contributed by atoms with van der Waals surface area (Å²) in [6, 6.07) is 8.02. The predicted molar refractivity (Wildman–Crippen MR) is 84.3 cm³/mol. The summed E-state index contributed by atoms with van der Waals surface area (Å²) in [5.74, 6) is 1.47. The van der Waals surface area contributed by atoms with E-state index in [-0.39, 0.29) is 0 Å². The molecule has 5 nitrogen and oxygen atoms in total. The number of furan rings is 1. The maximum Gasteiger partial charge on any atom is 0.147 e. The van der Waals surface area contributed by atoms with Gasteiger partial charge in [-0.15, -0.1) is 10.2 Å². The van der Waals surface area contributed by atoms with Gasteiger partial charge in [-0.2, -0.15) is 5.10 Å². The lowest BCUT2D eigenvalue weighted by Gasteiger charge is -2.06. The molecule has 0 atom stereocenters. The molecule has 0 saturated heterocycles. The molecule has 3 rings (SSSR count). The van der Waals surface area contributed by atoms with E-state index in [9.17, 15) is 0 Å². The Morgan fingerprint density at radius 3 is 2.62 bits per heavy atom. The van der Waals surface area contributed by atoms with Crippen LogP contribution >= 0.6 is 15.9 Å². The van der Waals surface area contributed by atoms with E-state index in [0.717, 1.165) is 15.8 Å². The van der Waals surface area contributed by atoms with Crippen LogP contribution in [0.4, 0.5) is 0 Å². The summed E-state index contributed by atoms with van der Waals surface area (Å²) in [7, 11) is 0. The number of hydrogen-bond acceptors (Lipinski definition) is 4. The second kappa shape index (κ2) is 5.65. The van der Waals surface area contributed by atoms with Gasteiger partial charge in [0.2, 0.25) is 0 Å². The van der Waals surface area contributed by atoms with E-state index >= 15 is 0 Å². The summed E-state index contributed by atoms with van der Waals surface area (Å²) >= 11 is 3.58. The van der Waals surface area contributed by atoms with Crippen molar-refractivity contribution >= 4 is 22.1 Å². The first-order valence-electron chi connectivity index (χ1n) is 6.39. The van der Waals surface area contributed by atoms with E-state index in [2.05, 4.69) is 57.2 Å². The molecule has 0 aliphatic carbocycles. The lowest BCUT2D eigenvalue weighted by atomic mass is 10.1. The minimum absolute atomic E-state index is 0.670. The van der Waals surface area contributed by atoms with Crippen LogP contribution in [0.5, 0.6) is 0 Å². The highest BCUT2D eigenvalue weighted by atomic mass is 79.9. The smallest absolute Gasteiger partial charge is 0.147 e. The molecule has 0 radical (unpaired) electrons. The average molecular weight is 345 g/mol. The molecule has 106 valence electrons. The minimum Gasteiger partial charge on any atom is -0.455 e. The molecule has 3 aromatic rings. The Hall–Kier alpha value is -2.21. The van der Waals surface area contributed by atoms with Crippen molar-refractivity contribution in [3.8, 4) is 11.3 Å². The predicted octanol–water partition coefficient (Wildman–Crippen LogP) is 3.80. The summed E-state index contributed by atoms with van der Waals surface area (Å²) < 4.78 is 8.33. The summed E-state index contributed by atoms with van der Waals surface area (Å²) in [5, 5.41) is 11.5. The van der Waals surface area contributed by atoms with Crippen molar-refractivity contribution in [2.45, 2.75) is 13.8 Å². The second-order valence-electron chi connectivity index (χ2n) is 4.70. The van der Waals surface area contributed by atoms with E-state index < -0.39 is 0 Å². The fourth-order valence-electron chi connectivity index (χ4n) is 1.92. The first-order valence-corrected chi connectivity index (χ1v) is 7.19. The molecule has 21 heavy (non-hydrogen) atoms. The van der Waals surface area contributed by atoms with Gasteiger partial charge in [-0.1, -0.05) is 15.9 Å². The van der Waals surface area contributed by atoms with Crippen LogP contribution in [0.15, 0.2) is 50.9 Å². The molecule has 0 saturated carbocycles. The molecule has 1 aromatic carbocycles. The highest BCUT2D eigenvalue weighted by Crippen LogP contribution is 2.31. The van der Waals surface area contributed by atoms with Crippen LogP contribution < -0.4 is 0 Å². The minimum atomic E-state index is 0.670. The number of nitrogens with zero attached hydrogens (tertiary/aromatic N) is 4. The molecule has 0 unspecified atom stereocenters. The molecule has 6 heteroatoms. The molecule has 0 N–H and O–H groups in total. The van der Waals surface area contributed by atoms with Gasteiger partial charge >= 0.3 is 0 Å². The highest BCUT2D eigenvalue weighted by Gasteiger charge is 2.09. The Kier molecular flexibility index (Phi) is 3.70. The number of aromatic nitrogens is 3.